The van der Waals surface area contributed by atoms with E-state index in [0.29, 0.717) is 6.42 Å². The molecule has 2 atom stereocenters. The van der Waals surface area contributed by atoms with E-state index >= 15 is 0 Å². The third-order valence-corrected chi connectivity index (χ3v) is 1.98. The largest absolute Gasteiger partial charge is 0.325 e. The highest BCUT2D eigenvalue weighted by Gasteiger charge is 2.18. The minimum atomic E-state index is -0.729. The number of hydrogen-bond donors (Lipinski definition) is 1. The molecule has 1 fully saturated rings. The van der Waals surface area contributed by atoms with Gasteiger partial charge in [-0.05, 0) is 12.8 Å². The Morgan fingerprint density at radius 2 is 1.78 bits per heavy atom. The van der Waals surface area contributed by atoms with E-state index < -0.39 is 6.17 Å². The average Bonchev–Trinajstić information content (AvgIpc) is 1.99. The molecular formula is C7H14FN. The molecule has 1 nitrogen and oxygen atoms in total. The molecule has 0 spiro atoms. The summed E-state index contributed by atoms with van der Waals surface area (Å²) in [5.74, 6) is 0. The molecule has 0 amide bonds. The highest BCUT2D eigenvalue weighted by atomic mass is 19.1. The topological polar surface area (TPSA) is 26.0 Å². The molecule has 2 N–H and O–H groups in total. The van der Waals surface area contributed by atoms with Gasteiger partial charge < -0.3 is 5.73 Å². The maximum atomic E-state index is 12.7. The summed E-state index contributed by atoms with van der Waals surface area (Å²) >= 11 is 0. The smallest absolute Gasteiger partial charge is 0.115 e. The molecule has 0 aromatic carbocycles. The van der Waals surface area contributed by atoms with Gasteiger partial charge in [0, 0.05) is 6.04 Å². The van der Waals surface area contributed by atoms with E-state index in [1.165, 1.54) is 0 Å². The fourth-order valence-corrected chi connectivity index (χ4v) is 1.29. The van der Waals surface area contributed by atoms with Gasteiger partial charge in [-0.2, -0.15) is 0 Å². The Morgan fingerprint density at radius 1 is 1.11 bits per heavy atom. The summed E-state index contributed by atoms with van der Waals surface area (Å²) in [5, 5.41) is 0. The van der Waals surface area contributed by atoms with Crippen molar-refractivity contribution in [3.8, 4) is 0 Å². The summed E-state index contributed by atoms with van der Waals surface area (Å²) < 4.78 is 12.7. The lowest BCUT2D eigenvalue weighted by atomic mass is 10.1. The first-order valence-corrected chi connectivity index (χ1v) is 3.70. The average molecular weight is 131 g/mol. The van der Waals surface area contributed by atoms with Crippen LogP contribution in [-0.2, 0) is 0 Å². The zero-order valence-corrected chi connectivity index (χ0v) is 5.65. The van der Waals surface area contributed by atoms with Crippen molar-refractivity contribution in [3.63, 3.8) is 0 Å². The van der Waals surface area contributed by atoms with Crippen LogP contribution in [0.4, 0.5) is 4.39 Å². The van der Waals surface area contributed by atoms with Crippen LogP contribution in [0.1, 0.15) is 32.1 Å². The Balaban J connectivity index is 2.32. The fourth-order valence-electron chi connectivity index (χ4n) is 1.29. The maximum absolute atomic E-state index is 12.7. The highest BCUT2D eigenvalue weighted by molar-refractivity contribution is 4.75. The molecule has 1 aliphatic carbocycles. The molecular weight excluding hydrogens is 117 g/mol. The fraction of sp³-hybridized carbons (Fsp3) is 1.00. The Bertz CT molecular complexity index is 75.0. The lowest BCUT2D eigenvalue weighted by molar-refractivity contribution is 0.268. The van der Waals surface area contributed by atoms with Crippen molar-refractivity contribution in [3.05, 3.63) is 0 Å². The summed E-state index contributed by atoms with van der Waals surface area (Å²) in [6.07, 6.45) is 4.12. The van der Waals surface area contributed by atoms with Crippen LogP contribution < -0.4 is 5.73 Å². The van der Waals surface area contributed by atoms with Gasteiger partial charge in [0.2, 0.25) is 0 Å². The summed E-state index contributed by atoms with van der Waals surface area (Å²) in [6, 6.07) is -0.174. The van der Waals surface area contributed by atoms with Crippen LogP contribution in [0.2, 0.25) is 0 Å². The van der Waals surface area contributed by atoms with Gasteiger partial charge in [-0.25, -0.2) is 4.39 Å². The molecule has 2 heteroatoms. The number of alkyl halides is 1. The van der Waals surface area contributed by atoms with Gasteiger partial charge in [0.25, 0.3) is 0 Å². The molecule has 0 aromatic rings. The second kappa shape index (κ2) is 3.16. The number of nitrogens with two attached hydrogens (primary N) is 1. The van der Waals surface area contributed by atoms with Crippen molar-refractivity contribution in [2.75, 3.05) is 0 Å². The Hall–Kier alpha value is -0.110. The standard InChI is InChI=1S/C7H14FN/c8-6-4-2-1-3-5-7(6)9/h6-7H,1-5,9H2/t6-,7-/m1/s1. The first-order chi connectivity index (χ1) is 4.30. The Labute approximate surface area is 55.4 Å². The number of rotatable bonds is 0. The van der Waals surface area contributed by atoms with Crippen molar-refractivity contribution < 1.29 is 4.39 Å². The van der Waals surface area contributed by atoms with Gasteiger partial charge >= 0.3 is 0 Å². The van der Waals surface area contributed by atoms with E-state index in [0.717, 1.165) is 25.7 Å². The zero-order valence-electron chi connectivity index (χ0n) is 5.65. The summed E-state index contributed by atoms with van der Waals surface area (Å²) in [4.78, 5) is 0. The van der Waals surface area contributed by atoms with Gasteiger partial charge in [-0.3, -0.25) is 0 Å². The predicted molar refractivity (Wildman–Crippen MR) is 36.0 cm³/mol. The van der Waals surface area contributed by atoms with Crippen molar-refractivity contribution in [1.29, 1.82) is 0 Å². The second-order valence-corrected chi connectivity index (χ2v) is 2.82. The predicted octanol–water partition coefficient (Wildman–Crippen LogP) is 1.62. The van der Waals surface area contributed by atoms with E-state index in [1.54, 1.807) is 0 Å². The minimum absolute atomic E-state index is 0.174. The van der Waals surface area contributed by atoms with Crippen LogP contribution in [0, 0.1) is 0 Å². The minimum Gasteiger partial charge on any atom is -0.325 e. The third kappa shape index (κ3) is 1.94. The monoisotopic (exact) mass is 131 g/mol. The normalized spacial score (nSPS) is 38.0. The SMILES string of the molecule is N[C@@H]1CCCCC[C@H]1F. The Kier molecular flexibility index (Phi) is 2.46. The van der Waals surface area contributed by atoms with Crippen LogP contribution in [0.5, 0.6) is 0 Å². The quantitative estimate of drug-likeness (QED) is 0.497. The van der Waals surface area contributed by atoms with E-state index in [1.807, 2.05) is 0 Å². The number of halogens is 1. The second-order valence-electron chi connectivity index (χ2n) is 2.82. The molecule has 0 bridgehead atoms. The van der Waals surface area contributed by atoms with E-state index in [4.69, 9.17) is 5.73 Å². The molecule has 0 unspecified atom stereocenters. The van der Waals surface area contributed by atoms with Crippen molar-refractivity contribution >= 4 is 0 Å². The molecule has 1 saturated carbocycles. The highest BCUT2D eigenvalue weighted by Crippen LogP contribution is 2.18. The Morgan fingerprint density at radius 3 is 2.56 bits per heavy atom. The summed E-state index contributed by atoms with van der Waals surface area (Å²) in [5.41, 5.74) is 5.50. The van der Waals surface area contributed by atoms with Crippen molar-refractivity contribution in [2.24, 2.45) is 5.73 Å². The molecule has 0 aliphatic heterocycles. The van der Waals surface area contributed by atoms with Crippen LogP contribution in [-0.4, -0.2) is 12.2 Å². The molecule has 1 rings (SSSR count). The van der Waals surface area contributed by atoms with Crippen molar-refractivity contribution in [2.45, 2.75) is 44.3 Å². The van der Waals surface area contributed by atoms with Crippen LogP contribution >= 0.6 is 0 Å². The molecule has 9 heavy (non-hydrogen) atoms. The molecule has 0 radical (unpaired) electrons. The summed E-state index contributed by atoms with van der Waals surface area (Å²) in [6.45, 7) is 0. The van der Waals surface area contributed by atoms with Crippen LogP contribution in [0.3, 0.4) is 0 Å². The maximum Gasteiger partial charge on any atom is 0.115 e. The van der Waals surface area contributed by atoms with Gasteiger partial charge in [-0.1, -0.05) is 19.3 Å². The van der Waals surface area contributed by atoms with Gasteiger partial charge in [0.1, 0.15) is 6.17 Å². The van der Waals surface area contributed by atoms with E-state index in [-0.39, 0.29) is 6.04 Å². The molecule has 0 aromatic heterocycles. The first-order valence-electron chi connectivity index (χ1n) is 3.70. The molecule has 54 valence electrons. The zero-order chi connectivity index (χ0) is 6.69. The number of hydrogen-bond acceptors (Lipinski definition) is 1. The van der Waals surface area contributed by atoms with E-state index in [2.05, 4.69) is 0 Å². The molecule has 0 saturated heterocycles. The first kappa shape index (κ1) is 7.00. The van der Waals surface area contributed by atoms with Gasteiger partial charge in [0.05, 0.1) is 0 Å². The summed E-state index contributed by atoms with van der Waals surface area (Å²) in [7, 11) is 0. The molecule has 1 aliphatic rings. The van der Waals surface area contributed by atoms with E-state index in [9.17, 15) is 4.39 Å². The van der Waals surface area contributed by atoms with Gasteiger partial charge in [0.15, 0.2) is 0 Å². The van der Waals surface area contributed by atoms with Gasteiger partial charge in [-0.15, -0.1) is 0 Å². The molecule has 0 heterocycles. The van der Waals surface area contributed by atoms with Crippen LogP contribution in [0.15, 0.2) is 0 Å². The van der Waals surface area contributed by atoms with Crippen molar-refractivity contribution in [1.82, 2.24) is 0 Å². The lowest BCUT2D eigenvalue weighted by Gasteiger charge is -2.10. The third-order valence-electron chi connectivity index (χ3n) is 1.98. The lowest BCUT2D eigenvalue weighted by Crippen LogP contribution is -2.29. The van der Waals surface area contributed by atoms with Crippen LogP contribution in [0.25, 0.3) is 0 Å².